The van der Waals surface area contributed by atoms with Crippen molar-refractivity contribution in [1.82, 2.24) is 10.6 Å². The van der Waals surface area contributed by atoms with E-state index in [0.29, 0.717) is 5.56 Å². The number of hydrogen-bond acceptors (Lipinski definition) is 6. The number of esters is 1. The Morgan fingerprint density at radius 3 is 2.43 bits per heavy atom. The highest BCUT2D eigenvalue weighted by molar-refractivity contribution is 6.00. The summed E-state index contributed by atoms with van der Waals surface area (Å²) in [4.78, 5) is 37.4. The van der Waals surface area contributed by atoms with Crippen molar-refractivity contribution in [2.24, 2.45) is 0 Å². The second kappa shape index (κ2) is 10.1. The molecule has 8 heteroatoms. The van der Waals surface area contributed by atoms with Gasteiger partial charge in [-0.1, -0.05) is 25.0 Å². The number of amides is 3. The number of hydrogen-bond donors (Lipinski definition) is 2. The van der Waals surface area contributed by atoms with Crippen molar-refractivity contribution in [2.75, 3.05) is 25.6 Å². The lowest BCUT2D eigenvalue weighted by Crippen LogP contribution is -2.45. The highest BCUT2D eigenvalue weighted by atomic mass is 16.5. The lowest BCUT2D eigenvalue weighted by atomic mass is 10.1. The van der Waals surface area contributed by atoms with E-state index in [1.807, 2.05) is 31.1 Å². The fourth-order valence-corrected chi connectivity index (χ4v) is 2.84. The molecule has 0 saturated heterocycles. The number of urea groups is 1. The summed E-state index contributed by atoms with van der Waals surface area (Å²) in [5.41, 5.74) is 1.39. The Bertz CT molecular complexity index is 787. The highest BCUT2D eigenvalue weighted by Crippen LogP contribution is 2.17. The van der Waals surface area contributed by atoms with Gasteiger partial charge in [0.05, 0.1) is 0 Å². The maximum Gasteiger partial charge on any atom is 0.349 e. The van der Waals surface area contributed by atoms with Gasteiger partial charge in [-0.2, -0.15) is 5.26 Å². The minimum atomic E-state index is -0.925. The average Bonchev–Trinajstić information content (AvgIpc) is 3.17. The van der Waals surface area contributed by atoms with E-state index >= 15 is 0 Å². The van der Waals surface area contributed by atoms with E-state index in [1.165, 1.54) is 6.08 Å². The lowest BCUT2D eigenvalue weighted by molar-refractivity contribution is -0.144. The number of nitrogens with one attached hydrogen (secondary N) is 2. The van der Waals surface area contributed by atoms with E-state index in [9.17, 15) is 19.6 Å². The highest BCUT2D eigenvalue weighted by Gasteiger charge is 2.19. The first-order valence-corrected chi connectivity index (χ1v) is 9.05. The van der Waals surface area contributed by atoms with Crippen LogP contribution < -0.4 is 15.5 Å². The van der Waals surface area contributed by atoms with Gasteiger partial charge in [0.2, 0.25) is 0 Å². The van der Waals surface area contributed by atoms with Crippen molar-refractivity contribution in [3.05, 3.63) is 35.4 Å². The largest absolute Gasteiger partial charge is 0.451 e. The molecule has 0 heterocycles. The third-order valence-corrected chi connectivity index (χ3v) is 4.34. The zero-order chi connectivity index (χ0) is 20.5. The Labute approximate surface area is 164 Å². The fraction of sp³-hybridized carbons (Fsp3) is 0.400. The van der Waals surface area contributed by atoms with Crippen LogP contribution >= 0.6 is 0 Å². The van der Waals surface area contributed by atoms with E-state index in [1.54, 1.807) is 18.2 Å². The topological polar surface area (TPSA) is 112 Å². The summed E-state index contributed by atoms with van der Waals surface area (Å²) >= 11 is 0. The number of nitriles is 1. The minimum absolute atomic E-state index is 0.0716. The number of rotatable bonds is 6. The first-order valence-electron chi connectivity index (χ1n) is 9.05. The molecule has 148 valence electrons. The molecule has 1 aliphatic carbocycles. The standard InChI is InChI=1S/C20H24N4O4/c1-24(2)17-9-7-14(8-10-17)11-15(12-21)19(26)28-13-18(25)23-20(27)22-16-5-3-4-6-16/h7-11,16H,3-6,13H2,1-2H3,(H2,22,23,25,27). The van der Waals surface area contributed by atoms with Crippen LogP contribution in [0.2, 0.25) is 0 Å². The summed E-state index contributed by atoms with van der Waals surface area (Å²) < 4.78 is 4.83. The van der Waals surface area contributed by atoms with Gasteiger partial charge in [-0.15, -0.1) is 0 Å². The van der Waals surface area contributed by atoms with Crippen molar-refractivity contribution >= 4 is 29.7 Å². The fourth-order valence-electron chi connectivity index (χ4n) is 2.84. The zero-order valence-electron chi connectivity index (χ0n) is 16.0. The van der Waals surface area contributed by atoms with E-state index in [0.717, 1.165) is 31.4 Å². The molecule has 0 bridgehead atoms. The van der Waals surface area contributed by atoms with Crippen LogP contribution in [0, 0.1) is 11.3 Å². The second-order valence-electron chi connectivity index (χ2n) is 6.73. The first kappa shape index (κ1) is 21.0. The van der Waals surface area contributed by atoms with E-state index in [2.05, 4.69) is 10.6 Å². The second-order valence-corrected chi connectivity index (χ2v) is 6.73. The number of carbonyl (C=O) groups is 3. The first-order chi connectivity index (χ1) is 13.4. The maximum absolute atomic E-state index is 12.0. The molecule has 0 spiro atoms. The quantitative estimate of drug-likeness (QED) is 0.441. The van der Waals surface area contributed by atoms with Gasteiger partial charge in [0.25, 0.3) is 5.91 Å². The number of carbonyl (C=O) groups excluding carboxylic acids is 3. The lowest BCUT2D eigenvalue weighted by Gasteiger charge is -2.12. The smallest absolute Gasteiger partial charge is 0.349 e. The number of nitrogens with zero attached hydrogens (tertiary/aromatic N) is 2. The van der Waals surface area contributed by atoms with Crippen molar-refractivity contribution in [2.45, 2.75) is 31.7 Å². The maximum atomic E-state index is 12.0. The van der Waals surface area contributed by atoms with Crippen LogP contribution in [-0.2, 0) is 14.3 Å². The predicted octanol–water partition coefficient (Wildman–Crippen LogP) is 1.97. The molecule has 0 aliphatic heterocycles. The molecule has 0 unspecified atom stereocenters. The third kappa shape index (κ3) is 6.43. The number of imide groups is 1. The molecule has 8 nitrogen and oxygen atoms in total. The monoisotopic (exact) mass is 384 g/mol. The average molecular weight is 384 g/mol. The number of anilines is 1. The van der Waals surface area contributed by atoms with Crippen molar-refractivity contribution in [3.63, 3.8) is 0 Å². The van der Waals surface area contributed by atoms with Gasteiger partial charge in [0, 0.05) is 25.8 Å². The normalized spacial score (nSPS) is 14.1. The summed E-state index contributed by atoms with van der Waals surface area (Å²) in [6.07, 6.45) is 5.27. The van der Waals surface area contributed by atoms with Crippen LogP contribution in [0.5, 0.6) is 0 Å². The summed E-state index contributed by atoms with van der Waals surface area (Å²) in [7, 11) is 3.81. The molecule has 0 aromatic heterocycles. The Hall–Kier alpha value is -3.34. The van der Waals surface area contributed by atoms with Crippen LogP contribution in [-0.4, -0.2) is 44.7 Å². The molecule has 3 amide bonds. The van der Waals surface area contributed by atoms with Crippen LogP contribution in [0.1, 0.15) is 31.2 Å². The molecule has 1 aromatic rings. The van der Waals surface area contributed by atoms with Gasteiger partial charge in [-0.3, -0.25) is 10.1 Å². The summed E-state index contributed by atoms with van der Waals surface area (Å²) in [6.45, 7) is -0.643. The van der Waals surface area contributed by atoms with Gasteiger partial charge < -0.3 is 15.0 Å². The predicted molar refractivity (Wildman–Crippen MR) is 104 cm³/mol. The van der Waals surface area contributed by atoms with E-state index < -0.39 is 24.5 Å². The summed E-state index contributed by atoms with van der Waals surface area (Å²) in [5.74, 6) is -1.68. The molecular weight excluding hydrogens is 360 g/mol. The van der Waals surface area contributed by atoms with E-state index in [4.69, 9.17) is 4.74 Å². The minimum Gasteiger partial charge on any atom is -0.451 e. The summed E-state index contributed by atoms with van der Waals surface area (Å²) in [6, 6.07) is 8.46. The molecule has 28 heavy (non-hydrogen) atoms. The molecular formula is C20H24N4O4. The van der Waals surface area contributed by atoms with Crippen LogP contribution in [0.15, 0.2) is 29.8 Å². The third-order valence-electron chi connectivity index (χ3n) is 4.34. The van der Waals surface area contributed by atoms with Crippen molar-refractivity contribution in [1.29, 1.82) is 5.26 Å². The van der Waals surface area contributed by atoms with Gasteiger partial charge in [0.15, 0.2) is 6.61 Å². The molecule has 1 fully saturated rings. The Morgan fingerprint density at radius 1 is 1.21 bits per heavy atom. The van der Waals surface area contributed by atoms with Crippen molar-refractivity contribution in [3.8, 4) is 6.07 Å². The molecule has 1 saturated carbocycles. The van der Waals surface area contributed by atoms with Gasteiger partial charge in [-0.05, 0) is 36.6 Å². The molecule has 2 N–H and O–H groups in total. The SMILES string of the molecule is CN(C)c1ccc(C=C(C#N)C(=O)OCC(=O)NC(=O)NC2CCCC2)cc1. The Kier molecular flexibility index (Phi) is 7.57. The summed E-state index contributed by atoms with van der Waals surface area (Å²) in [5, 5.41) is 14.0. The Balaban J connectivity index is 1.84. The molecule has 0 radical (unpaired) electrons. The van der Waals surface area contributed by atoms with Gasteiger partial charge in [0.1, 0.15) is 11.6 Å². The number of ether oxygens (including phenoxy) is 1. The zero-order valence-corrected chi connectivity index (χ0v) is 16.0. The molecule has 0 atom stereocenters. The van der Waals surface area contributed by atoms with Crippen LogP contribution in [0.3, 0.4) is 0 Å². The number of benzene rings is 1. The molecule has 1 aromatic carbocycles. The Morgan fingerprint density at radius 2 is 1.86 bits per heavy atom. The van der Waals surface area contributed by atoms with Gasteiger partial charge >= 0.3 is 12.0 Å². The van der Waals surface area contributed by atoms with Crippen molar-refractivity contribution < 1.29 is 19.1 Å². The van der Waals surface area contributed by atoms with Crippen LogP contribution in [0.25, 0.3) is 6.08 Å². The molecule has 2 rings (SSSR count). The van der Waals surface area contributed by atoms with E-state index in [-0.39, 0.29) is 11.6 Å². The van der Waals surface area contributed by atoms with Gasteiger partial charge in [-0.25, -0.2) is 9.59 Å². The van der Waals surface area contributed by atoms with Crippen LogP contribution in [0.4, 0.5) is 10.5 Å². The molecule has 1 aliphatic rings.